The summed E-state index contributed by atoms with van der Waals surface area (Å²) in [5.74, 6) is 1.53. The van der Waals surface area contributed by atoms with Crippen LogP contribution in [0.4, 0.5) is 0 Å². The highest BCUT2D eigenvalue weighted by molar-refractivity contribution is 6.32. The van der Waals surface area contributed by atoms with E-state index in [-0.39, 0.29) is 0 Å². The van der Waals surface area contributed by atoms with Crippen molar-refractivity contribution < 1.29 is 0 Å². The van der Waals surface area contributed by atoms with Gasteiger partial charge in [0.15, 0.2) is 0 Å². The molecule has 2 aromatic rings. The van der Waals surface area contributed by atoms with Gasteiger partial charge in [0.2, 0.25) is 0 Å². The Balaban J connectivity index is 1.79. The van der Waals surface area contributed by atoms with Gasteiger partial charge in [-0.2, -0.15) is 0 Å². The zero-order chi connectivity index (χ0) is 11.0. The molecule has 0 bridgehead atoms. The molecule has 0 radical (unpaired) electrons. The summed E-state index contributed by atoms with van der Waals surface area (Å²) in [6.45, 7) is 0. The topological polar surface area (TPSA) is 0 Å². The van der Waals surface area contributed by atoms with Gasteiger partial charge in [-0.3, -0.25) is 0 Å². The Morgan fingerprint density at radius 3 is 1.94 bits per heavy atom. The first-order valence-electron chi connectivity index (χ1n) is 5.96. The molecule has 0 nitrogen and oxygen atoms in total. The van der Waals surface area contributed by atoms with Gasteiger partial charge in [-0.1, -0.05) is 59.8 Å². The van der Waals surface area contributed by atoms with Crippen LogP contribution in [0, 0.1) is 0 Å². The number of benzene rings is 2. The van der Waals surface area contributed by atoms with Crippen molar-refractivity contribution in [2.24, 2.45) is 0 Å². The van der Waals surface area contributed by atoms with Crippen LogP contribution in [-0.4, -0.2) is 10.2 Å². The highest BCUT2D eigenvalue weighted by Gasteiger charge is 2.38. The summed E-state index contributed by atoms with van der Waals surface area (Å²) < 4.78 is 0. The van der Waals surface area contributed by atoms with Crippen molar-refractivity contribution in [2.45, 2.75) is 18.3 Å². The van der Waals surface area contributed by atoms with E-state index in [1.165, 1.54) is 22.7 Å². The van der Waals surface area contributed by atoms with Crippen LogP contribution in [0.5, 0.6) is 0 Å². The molecule has 0 heterocycles. The van der Waals surface area contributed by atoms with E-state index < -0.39 is 0 Å². The molecule has 0 amide bonds. The molecule has 2 unspecified atom stereocenters. The summed E-state index contributed by atoms with van der Waals surface area (Å²) in [7, 11) is 1.16. The van der Waals surface area contributed by atoms with Crippen LogP contribution in [0.3, 0.4) is 0 Å². The smallest absolute Gasteiger partial charge is 0.0384 e. The molecular weight excluding hydrogens is 208 g/mol. The minimum absolute atomic E-state index is 0.765. The second-order valence-corrected chi connectivity index (χ2v) is 5.92. The van der Waals surface area contributed by atoms with Crippen LogP contribution >= 0.6 is 0 Å². The molecule has 0 saturated heterocycles. The largest absolute Gasteiger partial charge is 0.0707 e. The van der Waals surface area contributed by atoms with Crippen molar-refractivity contribution in [3.63, 3.8) is 0 Å². The molecule has 0 aromatic heterocycles. The summed E-state index contributed by atoms with van der Waals surface area (Å²) in [5.41, 5.74) is 3.02. The van der Waals surface area contributed by atoms with Crippen LogP contribution in [0.25, 0.3) is 0 Å². The van der Waals surface area contributed by atoms with Crippen molar-refractivity contribution in [3.8, 4) is 0 Å². The highest BCUT2D eigenvalue weighted by atomic mass is 28.1. The zero-order valence-corrected chi connectivity index (χ0v) is 11.6. The van der Waals surface area contributed by atoms with Gasteiger partial charge < -0.3 is 0 Å². The van der Waals surface area contributed by atoms with Crippen LogP contribution < -0.4 is 5.19 Å². The van der Waals surface area contributed by atoms with Crippen LogP contribution in [0.2, 0.25) is 0 Å². The van der Waals surface area contributed by atoms with Crippen LogP contribution in [0.15, 0.2) is 54.6 Å². The van der Waals surface area contributed by atoms with E-state index in [2.05, 4.69) is 54.6 Å². The van der Waals surface area contributed by atoms with E-state index in [1.807, 2.05) is 0 Å². The second kappa shape index (κ2) is 3.91. The molecule has 1 aliphatic carbocycles. The lowest BCUT2D eigenvalue weighted by atomic mass is 10.0. The molecule has 1 aliphatic rings. The molecule has 0 aliphatic heterocycles. The maximum absolute atomic E-state index is 2.32. The average Bonchev–Trinajstić information content (AvgIpc) is 3.11. The molecule has 16 heavy (non-hydrogen) atoms. The van der Waals surface area contributed by atoms with Crippen molar-refractivity contribution in [3.05, 3.63) is 65.7 Å². The monoisotopic (exact) mass is 224 g/mol. The number of hydrogen-bond acceptors (Lipinski definition) is 0. The Kier molecular flexibility index (Phi) is 2.41. The summed E-state index contributed by atoms with van der Waals surface area (Å²) in [6.07, 6.45) is 1.32. The Bertz CT molecular complexity index is 473. The van der Waals surface area contributed by atoms with Gasteiger partial charge in [0.25, 0.3) is 0 Å². The summed E-state index contributed by atoms with van der Waals surface area (Å²) in [5, 5.41) is 1.49. The second-order valence-electron chi connectivity index (χ2n) is 4.77. The zero-order valence-electron chi connectivity index (χ0n) is 9.56. The molecule has 3 rings (SSSR count). The Morgan fingerprint density at radius 1 is 0.750 bits per heavy atom. The lowest BCUT2D eigenvalue weighted by Crippen LogP contribution is -2.00. The van der Waals surface area contributed by atoms with E-state index >= 15 is 0 Å². The van der Waals surface area contributed by atoms with Gasteiger partial charge in [-0.15, -0.1) is 0 Å². The lowest BCUT2D eigenvalue weighted by molar-refractivity contribution is 1.03. The maximum Gasteiger partial charge on any atom is 0.0384 e. The Hall–Kier alpha value is -1.34. The molecule has 1 saturated carbocycles. The van der Waals surface area contributed by atoms with Crippen LogP contribution in [0.1, 0.15) is 29.4 Å². The number of hydrogen-bond donors (Lipinski definition) is 0. The maximum atomic E-state index is 2.32. The van der Waals surface area contributed by atoms with E-state index in [1.54, 1.807) is 0 Å². The molecule has 80 valence electrons. The molecule has 2 atom stereocenters. The summed E-state index contributed by atoms with van der Waals surface area (Å²) in [6, 6.07) is 20.1. The highest BCUT2D eigenvalue weighted by Crippen LogP contribution is 2.54. The van der Waals surface area contributed by atoms with E-state index in [0.717, 1.165) is 22.1 Å². The first kappa shape index (κ1) is 9.85. The third kappa shape index (κ3) is 1.83. The first-order chi connectivity index (χ1) is 7.84. The molecule has 1 heteroatoms. The van der Waals surface area contributed by atoms with E-state index in [0.29, 0.717) is 0 Å². The van der Waals surface area contributed by atoms with Gasteiger partial charge in [-0.25, -0.2) is 0 Å². The van der Waals surface area contributed by atoms with Crippen molar-refractivity contribution in [1.82, 2.24) is 0 Å². The van der Waals surface area contributed by atoms with Crippen molar-refractivity contribution >= 4 is 15.4 Å². The van der Waals surface area contributed by atoms with Gasteiger partial charge in [0.05, 0.1) is 0 Å². The van der Waals surface area contributed by atoms with Crippen molar-refractivity contribution in [1.29, 1.82) is 0 Å². The first-order valence-corrected chi connectivity index (χ1v) is 6.96. The third-order valence-corrected chi connectivity index (χ3v) is 4.19. The fourth-order valence-corrected chi connectivity index (χ4v) is 2.78. The predicted molar refractivity (Wildman–Crippen MR) is 72.6 cm³/mol. The summed E-state index contributed by atoms with van der Waals surface area (Å²) in [4.78, 5) is 0. The quantitative estimate of drug-likeness (QED) is 0.684. The third-order valence-electron chi connectivity index (χ3n) is 3.52. The molecule has 0 spiro atoms. The van der Waals surface area contributed by atoms with Crippen molar-refractivity contribution in [2.75, 3.05) is 0 Å². The van der Waals surface area contributed by atoms with Gasteiger partial charge >= 0.3 is 0 Å². The molecule has 2 aromatic carbocycles. The predicted octanol–water partition coefficient (Wildman–Crippen LogP) is 1.95. The van der Waals surface area contributed by atoms with E-state index in [9.17, 15) is 0 Å². The molecular formula is C15H16Si. The fraction of sp³-hybridized carbons (Fsp3) is 0.200. The average molecular weight is 224 g/mol. The molecule has 1 fully saturated rings. The Labute approximate surface area is 99.7 Å². The van der Waals surface area contributed by atoms with E-state index in [4.69, 9.17) is 0 Å². The minimum Gasteiger partial charge on any atom is -0.0707 e. The minimum atomic E-state index is 0.765. The summed E-state index contributed by atoms with van der Waals surface area (Å²) >= 11 is 0. The standard InChI is InChI=1S/C15H16Si/c16-13-8-6-12(7-9-13)15-10-14(15)11-4-2-1-3-5-11/h1-9,14-15H,10H2,16H3. The Morgan fingerprint density at radius 2 is 1.31 bits per heavy atom. The van der Waals surface area contributed by atoms with Gasteiger partial charge in [0, 0.05) is 10.2 Å². The SMILES string of the molecule is [SiH3]c1ccc(C2CC2c2ccccc2)cc1. The normalized spacial score (nSPS) is 23.2. The van der Waals surface area contributed by atoms with Gasteiger partial charge in [0.1, 0.15) is 0 Å². The fourth-order valence-electron chi connectivity index (χ4n) is 2.45. The van der Waals surface area contributed by atoms with Crippen LogP contribution in [-0.2, 0) is 0 Å². The molecule has 0 N–H and O–H groups in total. The van der Waals surface area contributed by atoms with Gasteiger partial charge in [-0.05, 0) is 29.4 Å². The number of rotatable bonds is 2. The lowest BCUT2D eigenvalue weighted by Gasteiger charge is -2.01.